The van der Waals surface area contributed by atoms with Crippen LogP contribution in [0.2, 0.25) is 5.02 Å². The molecule has 1 aromatic carbocycles. The Morgan fingerprint density at radius 1 is 1.32 bits per heavy atom. The van der Waals surface area contributed by atoms with Crippen LogP contribution in [0.4, 0.5) is 0 Å². The van der Waals surface area contributed by atoms with E-state index in [1.165, 1.54) is 0 Å². The Hall–Kier alpha value is -0.570. The molecular formula is C16H23ClO2. The van der Waals surface area contributed by atoms with Crippen molar-refractivity contribution in [3.8, 4) is 0 Å². The summed E-state index contributed by atoms with van der Waals surface area (Å²) in [5, 5.41) is 11.4. The Labute approximate surface area is 120 Å². The number of aliphatic hydroxyl groups is 1. The average Bonchev–Trinajstić information content (AvgIpc) is 2.50. The van der Waals surface area contributed by atoms with Crippen molar-refractivity contribution in [2.24, 2.45) is 5.92 Å². The minimum atomic E-state index is -0.593. The first kappa shape index (κ1) is 14.8. The highest BCUT2D eigenvalue weighted by Crippen LogP contribution is 2.48. The van der Waals surface area contributed by atoms with E-state index < -0.39 is 6.10 Å². The fourth-order valence-corrected chi connectivity index (χ4v) is 3.45. The maximum atomic E-state index is 10.7. The molecule has 2 atom stereocenters. The third kappa shape index (κ3) is 2.81. The van der Waals surface area contributed by atoms with Gasteiger partial charge in [-0.2, -0.15) is 0 Å². The number of ether oxygens (including phenoxy) is 1. The maximum absolute atomic E-state index is 10.7. The number of hydrogen-bond donors (Lipinski definition) is 1. The van der Waals surface area contributed by atoms with Crippen LogP contribution in [0.15, 0.2) is 18.2 Å². The summed E-state index contributed by atoms with van der Waals surface area (Å²) >= 11 is 6.33. The van der Waals surface area contributed by atoms with Crippen molar-refractivity contribution in [2.75, 3.05) is 0 Å². The topological polar surface area (TPSA) is 29.5 Å². The van der Waals surface area contributed by atoms with Gasteiger partial charge in [-0.05, 0) is 52.2 Å². The Kier molecular flexibility index (Phi) is 3.72. The van der Waals surface area contributed by atoms with E-state index in [9.17, 15) is 5.11 Å². The zero-order valence-corrected chi connectivity index (χ0v) is 13.1. The molecule has 2 nitrogen and oxygen atoms in total. The van der Waals surface area contributed by atoms with Crippen LogP contribution in [0.25, 0.3) is 0 Å². The minimum Gasteiger partial charge on any atom is -0.388 e. The average molecular weight is 283 g/mol. The molecule has 106 valence electrons. The number of benzene rings is 1. The van der Waals surface area contributed by atoms with Crippen molar-refractivity contribution in [3.63, 3.8) is 0 Å². The van der Waals surface area contributed by atoms with E-state index >= 15 is 0 Å². The van der Waals surface area contributed by atoms with E-state index in [0.29, 0.717) is 5.02 Å². The van der Waals surface area contributed by atoms with Gasteiger partial charge >= 0.3 is 0 Å². The van der Waals surface area contributed by atoms with Crippen molar-refractivity contribution >= 4 is 11.6 Å². The van der Waals surface area contributed by atoms with Crippen LogP contribution in [0.5, 0.6) is 0 Å². The molecule has 0 amide bonds. The molecule has 1 fully saturated rings. The lowest BCUT2D eigenvalue weighted by atomic mass is 9.80. The first-order valence-electron chi connectivity index (χ1n) is 6.77. The van der Waals surface area contributed by atoms with E-state index in [1.54, 1.807) is 0 Å². The van der Waals surface area contributed by atoms with Gasteiger partial charge in [0.1, 0.15) is 0 Å². The summed E-state index contributed by atoms with van der Waals surface area (Å²) in [6, 6.07) is 5.80. The Balaban J connectivity index is 2.34. The van der Waals surface area contributed by atoms with Gasteiger partial charge in [-0.15, -0.1) is 0 Å². The molecule has 3 heteroatoms. The molecule has 0 spiro atoms. The first-order valence-corrected chi connectivity index (χ1v) is 7.15. The molecular weight excluding hydrogens is 260 g/mol. The highest BCUT2D eigenvalue weighted by Gasteiger charge is 2.49. The monoisotopic (exact) mass is 282 g/mol. The molecule has 0 aliphatic carbocycles. The highest BCUT2D eigenvalue weighted by molar-refractivity contribution is 6.32. The number of hydrogen-bond acceptors (Lipinski definition) is 2. The largest absolute Gasteiger partial charge is 0.388 e. The lowest BCUT2D eigenvalue weighted by molar-refractivity contribution is -0.0880. The molecule has 1 aromatic rings. The second-order valence-electron chi connectivity index (χ2n) is 6.70. The Bertz CT molecular complexity index is 480. The summed E-state index contributed by atoms with van der Waals surface area (Å²) in [7, 11) is 0. The number of aryl methyl sites for hydroxylation is 1. The van der Waals surface area contributed by atoms with Gasteiger partial charge in [-0.3, -0.25) is 0 Å². The molecule has 2 unspecified atom stereocenters. The first-order chi connectivity index (χ1) is 8.64. The van der Waals surface area contributed by atoms with Crippen LogP contribution in [0, 0.1) is 12.8 Å². The normalized spacial score (nSPS) is 26.4. The second kappa shape index (κ2) is 4.76. The standard InChI is InChI=1S/C16H23ClO2/c1-10-7-6-8-11(13(10)17)14(18)12-9-15(2,3)19-16(12,4)5/h6-8,12,14,18H,9H2,1-5H3. The van der Waals surface area contributed by atoms with Crippen molar-refractivity contribution in [2.45, 2.75) is 58.3 Å². The van der Waals surface area contributed by atoms with Crippen molar-refractivity contribution < 1.29 is 9.84 Å². The molecule has 0 saturated carbocycles. The van der Waals surface area contributed by atoms with Gasteiger partial charge in [-0.1, -0.05) is 29.8 Å². The lowest BCUT2D eigenvalue weighted by Gasteiger charge is -2.31. The van der Waals surface area contributed by atoms with E-state index in [4.69, 9.17) is 16.3 Å². The van der Waals surface area contributed by atoms with E-state index in [0.717, 1.165) is 17.5 Å². The summed E-state index contributed by atoms with van der Waals surface area (Å²) in [5.41, 5.74) is 1.25. The Morgan fingerprint density at radius 3 is 2.47 bits per heavy atom. The van der Waals surface area contributed by atoms with Gasteiger partial charge in [0.2, 0.25) is 0 Å². The lowest BCUT2D eigenvalue weighted by Crippen LogP contribution is -2.32. The third-order valence-electron chi connectivity index (χ3n) is 4.07. The van der Waals surface area contributed by atoms with Crippen LogP contribution in [0.3, 0.4) is 0 Å². The minimum absolute atomic E-state index is 0.0433. The van der Waals surface area contributed by atoms with Crippen LogP contribution < -0.4 is 0 Å². The fraction of sp³-hybridized carbons (Fsp3) is 0.625. The fourth-order valence-electron chi connectivity index (χ4n) is 3.21. The number of rotatable bonds is 2. The summed E-state index contributed by atoms with van der Waals surface area (Å²) in [6.45, 7) is 10.2. The molecule has 1 aliphatic rings. The van der Waals surface area contributed by atoms with Crippen molar-refractivity contribution in [1.29, 1.82) is 0 Å². The smallest absolute Gasteiger partial charge is 0.0861 e. The predicted octanol–water partition coefficient (Wildman–Crippen LogP) is 4.28. The molecule has 1 saturated heterocycles. The molecule has 2 rings (SSSR count). The molecule has 0 bridgehead atoms. The van der Waals surface area contributed by atoms with E-state index in [1.807, 2.05) is 39.0 Å². The quantitative estimate of drug-likeness (QED) is 0.877. The van der Waals surface area contributed by atoms with Crippen LogP contribution in [-0.4, -0.2) is 16.3 Å². The van der Waals surface area contributed by atoms with Gasteiger partial charge in [0, 0.05) is 10.9 Å². The second-order valence-corrected chi connectivity index (χ2v) is 7.08. The molecule has 0 radical (unpaired) electrons. The van der Waals surface area contributed by atoms with Crippen LogP contribution in [0.1, 0.15) is 51.3 Å². The number of halogens is 1. The third-order valence-corrected chi connectivity index (χ3v) is 4.58. The highest BCUT2D eigenvalue weighted by atomic mass is 35.5. The molecule has 1 heterocycles. The molecule has 0 aromatic heterocycles. The van der Waals surface area contributed by atoms with Crippen LogP contribution in [-0.2, 0) is 4.74 Å². The van der Waals surface area contributed by atoms with Gasteiger partial charge < -0.3 is 9.84 Å². The Morgan fingerprint density at radius 2 is 1.95 bits per heavy atom. The molecule has 19 heavy (non-hydrogen) atoms. The zero-order valence-electron chi connectivity index (χ0n) is 12.3. The van der Waals surface area contributed by atoms with Gasteiger partial charge in [0.15, 0.2) is 0 Å². The summed E-state index contributed by atoms with van der Waals surface area (Å²) in [4.78, 5) is 0. The van der Waals surface area contributed by atoms with Crippen molar-refractivity contribution in [3.05, 3.63) is 34.3 Å². The van der Waals surface area contributed by atoms with Gasteiger partial charge in [0.25, 0.3) is 0 Å². The van der Waals surface area contributed by atoms with E-state index in [2.05, 4.69) is 13.8 Å². The molecule has 1 aliphatic heterocycles. The summed E-state index contributed by atoms with van der Waals surface area (Å²) in [5.74, 6) is 0.0433. The summed E-state index contributed by atoms with van der Waals surface area (Å²) < 4.78 is 6.06. The maximum Gasteiger partial charge on any atom is 0.0861 e. The van der Waals surface area contributed by atoms with Crippen molar-refractivity contribution in [1.82, 2.24) is 0 Å². The van der Waals surface area contributed by atoms with Gasteiger partial charge in [0.05, 0.1) is 17.3 Å². The molecule has 1 N–H and O–H groups in total. The van der Waals surface area contributed by atoms with E-state index in [-0.39, 0.29) is 17.1 Å². The SMILES string of the molecule is Cc1cccc(C(O)C2CC(C)(C)OC2(C)C)c1Cl. The van der Waals surface area contributed by atoms with Crippen LogP contribution >= 0.6 is 11.6 Å². The number of aliphatic hydroxyl groups excluding tert-OH is 1. The van der Waals surface area contributed by atoms with Gasteiger partial charge in [-0.25, -0.2) is 0 Å². The summed E-state index contributed by atoms with van der Waals surface area (Å²) in [6.07, 6.45) is 0.231. The zero-order chi connectivity index (χ0) is 14.4. The predicted molar refractivity (Wildman–Crippen MR) is 78.5 cm³/mol.